The zero-order valence-electron chi connectivity index (χ0n) is 29.7. The van der Waals surface area contributed by atoms with Crippen LogP contribution in [0.5, 0.6) is 0 Å². The Morgan fingerprint density at radius 2 is 0.636 bits per heavy atom. The molecule has 0 bridgehead atoms. The minimum atomic E-state index is 1.22. The molecule has 3 aromatic rings. The van der Waals surface area contributed by atoms with Crippen LogP contribution in [-0.4, -0.2) is 4.57 Å². The molecule has 0 fully saturated rings. The third-order valence-electron chi connectivity index (χ3n) is 10.3. The van der Waals surface area contributed by atoms with Gasteiger partial charge in [-0.1, -0.05) is 192 Å². The van der Waals surface area contributed by atoms with Crippen LogP contribution in [0.15, 0.2) is 36.4 Å². The molecular formula is C43H71N. The zero-order chi connectivity index (χ0) is 31.1. The molecular weight excluding hydrogens is 530 g/mol. The molecule has 1 nitrogen and oxygen atoms in total. The third-order valence-corrected chi connectivity index (χ3v) is 10.3. The van der Waals surface area contributed by atoms with Gasteiger partial charge in [-0.2, -0.15) is 0 Å². The summed E-state index contributed by atoms with van der Waals surface area (Å²) in [6.07, 6.45) is 39.5. The molecule has 0 aliphatic rings. The van der Waals surface area contributed by atoms with Gasteiger partial charge in [-0.25, -0.2) is 0 Å². The van der Waals surface area contributed by atoms with Crippen molar-refractivity contribution in [3.8, 4) is 0 Å². The summed E-state index contributed by atoms with van der Waals surface area (Å²) in [7, 11) is 2.27. The molecule has 1 heterocycles. The molecule has 44 heavy (non-hydrogen) atoms. The monoisotopic (exact) mass is 602 g/mol. The molecule has 248 valence electrons. The highest BCUT2D eigenvalue weighted by Crippen LogP contribution is 2.30. The van der Waals surface area contributed by atoms with E-state index in [1.807, 2.05) is 0 Å². The molecule has 0 unspecified atom stereocenters. The van der Waals surface area contributed by atoms with Crippen molar-refractivity contribution in [1.82, 2.24) is 4.57 Å². The fourth-order valence-corrected chi connectivity index (χ4v) is 7.30. The van der Waals surface area contributed by atoms with Gasteiger partial charge in [0.15, 0.2) is 0 Å². The Kier molecular flexibility index (Phi) is 19.7. The Bertz CT molecular complexity index is 1030. The van der Waals surface area contributed by atoms with Gasteiger partial charge in [0.1, 0.15) is 0 Å². The maximum atomic E-state index is 2.47. The van der Waals surface area contributed by atoms with E-state index in [0.29, 0.717) is 0 Å². The highest BCUT2D eigenvalue weighted by Gasteiger charge is 2.10. The maximum absolute atomic E-state index is 2.47. The van der Waals surface area contributed by atoms with E-state index in [2.05, 4.69) is 61.9 Å². The predicted octanol–water partition coefficient (Wildman–Crippen LogP) is 14.6. The first-order valence-electron chi connectivity index (χ1n) is 19.7. The molecule has 0 aliphatic carbocycles. The van der Waals surface area contributed by atoms with E-state index in [-0.39, 0.29) is 0 Å². The number of benzene rings is 2. The lowest BCUT2D eigenvalue weighted by atomic mass is 10.0. The highest BCUT2D eigenvalue weighted by atomic mass is 14.9. The van der Waals surface area contributed by atoms with Crippen LogP contribution in [-0.2, 0) is 19.9 Å². The van der Waals surface area contributed by atoms with Crippen LogP contribution in [0.4, 0.5) is 0 Å². The van der Waals surface area contributed by atoms with Gasteiger partial charge in [0.2, 0.25) is 0 Å². The summed E-state index contributed by atoms with van der Waals surface area (Å²) in [5.41, 5.74) is 5.84. The smallest absolute Gasteiger partial charge is 0.0491 e. The summed E-state index contributed by atoms with van der Waals surface area (Å²) in [4.78, 5) is 0. The number of nitrogens with zero attached hydrogens (tertiary/aromatic N) is 1. The molecule has 0 aliphatic heterocycles. The minimum Gasteiger partial charge on any atom is -0.344 e. The van der Waals surface area contributed by atoms with Crippen LogP contribution >= 0.6 is 0 Å². The average molecular weight is 602 g/mol. The summed E-state index contributed by atoms with van der Waals surface area (Å²) in [5.74, 6) is 0. The molecule has 1 heteroatoms. The Labute approximate surface area is 274 Å². The van der Waals surface area contributed by atoms with Gasteiger partial charge in [-0.05, 0) is 48.9 Å². The summed E-state index contributed by atoms with van der Waals surface area (Å²) < 4.78 is 2.45. The van der Waals surface area contributed by atoms with Crippen LogP contribution in [0, 0.1) is 0 Å². The van der Waals surface area contributed by atoms with E-state index in [4.69, 9.17) is 0 Å². The van der Waals surface area contributed by atoms with Gasteiger partial charge in [-0.15, -0.1) is 0 Å². The second-order valence-corrected chi connectivity index (χ2v) is 14.2. The molecule has 1 aromatic heterocycles. The van der Waals surface area contributed by atoms with Crippen molar-refractivity contribution in [1.29, 1.82) is 0 Å². The second-order valence-electron chi connectivity index (χ2n) is 14.2. The van der Waals surface area contributed by atoms with Crippen molar-refractivity contribution in [2.75, 3.05) is 0 Å². The SMILES string of the molecule is CCCCCCCCCCCCCCCc1ccc2c3ccc(CCCCCCCCCCCCCCC)cc3n(C)c2c1. The molecule has 2 aromatic carbocycles. The number of fused-ring (bicyclic) bond motifs is 3. The molecule has 0 atom stereocenters. The third kappa shape index (κ3) is 14.1. The first-order valence-corrected chi connectivity index (χ1v) is 19.7. The fraction of sp³-hybridized carbons (Fsp3) is 0.721. The summed E-state index contributed by atoms with van der Waals surface area (Å²) in [5, 5.41) is 2.84. The van der Waals surface area contributed by atoms with Gasteiger partial charge >= 0.3 is 0 Å². The van der Waals surface area contributed by atoms with E-state index in [1.54, 1.807) is 0 Å². The molecule has 0 saturated heterocycles. The Morgan fingerprint density at radius 1 is 0.364 bits per heavy atom. The topological polar surface area (TPSA) is 4.93 Å². The van der Waals surface area contributed by atoms with E-state index >= 15 is 0 Å². The highest BCUT2D eigenvalue weighted by molar-refractivity contribution is 6.08. The van der Waals surface area contributed by atoms with Gasteiger partial charge < -0.3 is 4.57 Å². The van der Waals surface area contributed by atoms with Gasteiger partial charge in [0.25, 0.3) is 0 Å². The lowest BCUT2D eigenvalue weighted by molar-refractivity contribution is 0.539. The van der Waals surface area contributed by atoms with Crippen LogP contribution < -0.4 is 0 Å². The van der Waals surface area contributed by atoms with Gasteiger partial charge in [-0.3, -0.25) is 0 Å². The largest absolute Gasteiger partial charge is 0.344 e. The van der Waals surface area contributed by atoms with E-state index < -0.39 is 0 Å². The van der Waals surface area contributed by atoms with Crippen molar-refractivity contribution in [2.45, 2.75) is 194 Å². The van der Waals surface area contributed by atoms with Crippen molar-refractivity contribution in [2.24, 2.45) is 7.05 Å². The molecule has 3 rings (SSSR count). The standard InChI is InChI=1S/C43H71N/c1-4-6-8-10-12-14-16-18-20-22-24-26-28-30-38-32-34-40-41-35-33-39(37-43(41)44(3)42(40)36-38)31-29-27-25-23-21-19-17-15-13-11-9-7-5-2/h32-37H,4-31H2,1-3H3. The van der Waals surface area contributed by atoms with Gasteiger partial charge in [0, 0.05) is 28.9 Å². The second kappa shape index (κ2) is 23.6. The Hall–Kier alpha value is -1.76. The zero-order valence-corrected chi connectivity index (χ0v) is 29.7. The fourth-order valence-electron chi connectivity index (χ4n) is 7.30. The average Bonchev–Trinajstić information content (AvgIpc) is 3.32. The van der Waals surface area contributed by atoms with Crippen molar-refractivity contribution >= 4 is 21.8 Å². The first-order chi connectivity index (χ1) is 21.7. The summed E-state index contributed by atoms with van der Waals surface area (Å²) >= 11 is 0. The number of aryl methyl sites for hydroxylation is 3. The van der Waals surface area contributed by atoms with Crippen molar-refractivity contribution in [3.63, 3.8) is 0 Å². The number of hydrogen-bond donors (Lipinski definition) is 0. The summed E-state index contributed by atoms with van der Waals surface area (Å²) in [6, 6.07) is 14.5. The molecule has 0 radical (unpaired) electrons. The number of aromatic nitrogens is 1. The van der Waals surface area contributed by atoms with Gasteiger partial charge in [0.05, 0.1) is 0 Å². The van der Waals surface area contributed by atoms with Crippen LogP contribution in [0.1, 0.15) is 192 Å². The number of unbranched alkanes of at least 4 members (excludes halogenated alkanes) is 24. The lowest BCUT2D eigenvalue weighted by Gasteiger charge is -2.05. The lowest BCUT2D eigenvalue weighted by Crippen LogP contribution is -1.91. The van der Waals surface area contributed by atoms with Crippen molar-refractivity contribution in [3.05, 3.63) is 47.5 Å². The maximum Gasteiger partial charge on any atom is 0.0491 e. The normalized spacial score (nSPS) is 11.8. The van der Waals surface area contributed by atoms with Crippen molar-refractivity contribution < 1.29 is 0 Å². The summed E-state index contributed by atoms with van der Waals surface area (Å²) in [6.45, 7) is 4.61. The Morgan fingerprint density at radius 3 is 0.932 bits per heavy atom. The van der Waals surface area contributed by atoms with Crippen LogP contribution in [0.2, 0.25) is 0 Å². The quantitative estimate of drug-likeness (QED) is 0.0730. The van der Waals surface area contributed by atoms with Crippen LogP contribution in [0.25, 0.3) is 21.8 Å². The molecule has 0 saturated carbocycles. The molecule has 0 N–H and O–H groups in total. The molecule has 0 amide bonds. The van der Waals surface area contributed by atoms with E-state index in [9.17, 15) is 0 Å². The first kappa shape index (κ1) is 36.7. The Balaban J connectivity index is 1.28. The minimum absolute atomic E-state index is 1.22. The van der Waals surface area contributed by atoms with E-state index in [0.717, 1.165) is 0 Å². The van der Waals surface area contributed by atoms with Crippen LogP contribution in [0.3, 0.4) is 0 Å². The predicted molar refractivity (Wildman–Crippen MR) is 199 cm³/mol. The number of hydrogen-bond acceptors (Lipinski definition) is 0. The number of rotatable bonds is 28. The molecule has 0 spiro atoms. The van der Waals surface area contributed by atoms with E-state index in [1.165, 1.54) is 213 Å².